The SMILES string of the molecule is CCCCCCCCOc1ccc(B(O)O)nn1. The van der Waals surface area contributed by atoms with Crippen molar-refractivity contribution in [3.05, 3.63) is 12.1 Å². The minimum absolute atomic E-state index is 0.127. The van der Waals surface area contributed by atoms with Crippen molar-refractivity contribution in [3.8, 4) is 5.88 Å². The number of rotatable bonds is 9. The van der Waals surface area contributed by atoms with Gasteiger partial charge in [0.15, 0.2) is 0 Å². The average molecular weight is 252 g/mol. The molecule has 0 radical (unpaired) electrons. The van der Waals surface area contributed by atoms with Crippen LogP contribution in [-0.4, -0.2) is 34.0 Å². The molecule has 18 heavy (non-hydrogen) atoms. The zero-order valence-electron chi connectivity index (χ0n) is 10.9. The highest BCUT2D eigenvalue weighted by atomic mass is 16.5. The summed E-state index contributed by atoms with van der Waals surface area (Å²) in [6, 6.07) is 3.09. The molecule has 0 aliphatic rings. The molecule has 0 saturated heterocycles. The first-order valence-corrected chi connectivity index (χ1v) is 6.56. The second kappa shape index (κ2) is 8.88. The number of nitrogens with zero attached hydrogens (tertiary/aromatic N) is 2. The van der Waals surface area contributed by atoms with Crippen molar-refractivity contribution in [2.45, 2.75) is 45.4 Å². The summed E-state index contributed by atoms with van der Waals surface area (Å²) in [5.74, 6) is 0.424. The van der Waals surface area contributed by atoms with Crippen molar-refractivity contribution in [1.82, 2.24) is 10.2 Å². The Kier molecular flexibility index (Phi) is 7.37. The monoisotopic (exact) mass is 252 g/mol. The summed E-state index contributed by atoms with van der Waals surface area (Å²) in [5, 5.41) is 25.1. The summed E-state index contributed by atoms with van der Waals surface area (Å²) in [6.45, 7) is 2.83. The third-order valence-corrected chi connectivity index (χ3v) is 2.67. The van der Waals surface area contributed by atoms with Gasteiger partial charge in [-0.3, -0.25) is 0 Å². The van der Waals surface area contributed by atoms with Gasteiger partial charge < -0.3 is 14.8 Å². The summed E-state index contributed by atoms with van der Waals surface area (Å²) in [5.41, 5.74) is 0.127. The third kappa shape index (κ3) is 5.98. The Labute approximate surface area is 108 Å². The number of hydrogen-bond donors (Lipinski definition) is 2. The van der Waals surface area contributed by atoms with Crippen LogP contribution in [0.1, 0.15) is 45.4 Å². The molecule has 0 aromatic carbocycles. The Hall–Kier alpha value is -1.14. The third-order valence-electron chi connectivity index (χ3n) is 2.67. The van der Waals surface area contributed by atoms with Crippen LogP contribution in [0.5, 0.6) is 5.88 Å². The molecular weight excluding hydrogens is 231 g/mol. The molecule has 100 valence electrons. The van der Waals surface area contributed by atoms with Crippen molar-refractivity contribution < 1.29 is 14.8 Å². The van der Waals surface area contributed by atoms with Crippen LogP contribution in [-0.2, 0) is 0 Å². The molecule has 5 nitrogen and oxygen atoms in total. The summed E-state index contributed by atoms with van der Waals surface area (Å²) < 4.78 is 5.41. The first-order valence-electron chi connectivity index (χ1n) is 6.56. The Morgan fingerprint density at radius 1 is 1.06 bits per heavy atom. The Bertz CT molecular complexity index is 320. The maximum Gasteiger partial charge on any atom is 0.510 e. The summed E-state index contributed by atoms with van der Waals surface area (Å²) >= 11 is 0. The van der Waals surface area contributed by atoms with Crippen LogP contribution in [0.3, 0.4) is 0 Å². The van der Waals surface area contributed by atoms with Crippen molar-refractivity contribution in [1.29, 1.82) is 0 Å². The van der Waals surface area contributed by atoms with Crippen molar-refractivity contribution >= 4 is 12.7 Å². The van der Waals surface area contributed by atoms with Gasteiger partial charge in [0.25, 0.3) is 0 Å². The van der Waals surface area contributed by atoms with Gasteiger partial charge in [0.05, 0.1) is 12.2 Å². The lowest BCUT2D eigenvalue weighted by atomic mass is 9.86. The molecule has 0 unspecified atom stereocenters. The van der Waals surface area contributed by atoms with Crippen LogP contribution < -0.4 is 10.3 Å². The van der Waals surface area contributed by atoms with E-state index in [0.717, 1.165) is 6.42 Å². The van der Waals surface area contributed by atoms with Gasteiger partial charge in [-0.1, -0.05) is 39.0 Å². The lowest BCUT2D eigenvalue weighted by Crippen LogP contribution is -2.33. The highest BCUT2D eigenvalue weighted by Gasteiger charge is 2.13. The molecule has 0 saturated carbocycles. The highest BCUT2D eigenvalue weighted by Crippen LogP contribution is 2.06. The minimum Gasteiger partial charge on any atom is -0.477 e. The van der Waals surface area contributed by atoms with E-state index in [2.05, 4.69) is 17.1 Å². The quantitative estimate of drug-likeness (QED) is 0.504. The van der Waals surface area contributed by atoms with Crippen LogP contribution in [0, 0.1) is 0 Å². The molecule has 1 heterocycles. The van der Waals surface area contributed by atoms with Gasteiger partial charge in [-0.05, 0) is 12.5 Å². The molecule has 0 fully saturated rings. The van der Waals surface area contributed by atoms with E-state index in [4.69, 9.17) is 14.8 Å². The Balaban J connectivity index is 2.12. The molecule has 0 aliphatic carbocycles. The van der Waals surface area contributed by atoms with Crippen LogP contribution in [0.4, 0.5) is 0 Å². The van der Waals surface area contributed by atoms with E-state index in [0.29, 0.717) is 12.5 Å². The Morgan fingerprint density at radius 3 is 2.39 bits per heavy atom. The van der Waals surface area contributed by atoms with Gasteiger partial charge in [-0.2, -0.15) is 5.10 Å². The number of hydrogen-bond acceptors (Lipinski definition) is 5. The molecule has 0 amide bonds. The predicted molar refractivity (Wildman–Crippen MR) is 70.7 cm³/mol. The standard InChI is InChI=1S/C12H21BN2O3/c1-2-3-4-5-6-7-10-18-12-9-8-11(13(16)17)14-15-12/h8-9,16-17H,2-7,10H2,1H3. The maximum absolute atomic E-state index is 8.84. The fourth-order valence-electron chi connectivity index (χ4n) is 1.60. The van der Waals surface area contributed by atoms with Crippen molar-refractivity contribution in [2.24, 2.45) is 0 Å². The Morgan fingerprint density at radius 2 is 1.78 bits per heavy atom. The van der Waals surface area contributed by atoms with E-state index >= 15 is 0 Å². The van der Waals surface area contributed by atoms with E-state index < -0.39 is 7.12 Å². The van der Waals surface area contributed by atoms with Crippen LogP contribution in [0.25, 0.3) is 0 Å². The molecule has 0 aliphatic heterocycles. The molecular formula is C12H21BN2O3. The van der Waals surface area contributed by atoms with E-state index in [9.17, 15) is 0 Å². The van der Waals surface area contributed by atoms with Gasteiger partial charge >= 0.3 is 7.12 Å². The van der Waals surface area contributed by atoms with Gasteiger partial charge in [-0.15, -0.1) is 5.10 Å². The van der Waals surface area contributed by atoms with E-state index in [-0.39, 0.29) is 5.59 Å². The molecule has 1 aromatic heterocycles. The molecule has 6 heteroatoms. The normalized spacial score (nSPS) is 10.4. The van der Waals surface area contributed by atoms with Crippen molar-refractivity contribution in [2.75, 3.05) is 6.61 Å². The van der Waals surface area contributed by atoms with Gasteiger partial charge in [0.1, 0.15) is 0 Å². The molecule has 2 N–H and O–H groups in total. The number of ether oxygens (including phenoxy) is 1. The summed E-state index contributed by atoms with van der Waals surface area (Å²) in [4.78, 5) is 0. The average Bonchev–Trinajstić information content (AvgIpc) is 2.38. The summed E-state index contributed by atoms with van der Waals surface area (Å²) in [6.07, 6.45) is 7.28. The largest absolute Gasteiger partial charge is 0.510 e. The van der Waals surface area contributed by atoms with Gasteiger partial charge in [-0.25, -0.2) is 0 Å². The zero-order chi connectivity index (χ0) is 13.2. The lowest BCUT2D eigenvalue weighted by Gasteiger charge is -2.05. The van der Waals surface area contributed by atoms with Gasteiger partial charge in [0.2, 0.25) is 5.88 Å². The second-order valence-electron chi connectivity index (χ2n) is 4.29. The van der Waals surface area contributed by atoms with Gasteiger partial charge in [0, 0.05) is 6.07 Å². The smallest absolute Gasteiger partial charge is 0.477 e. The van der Waals surface area contributed by atoms with E-state index in [1.165, 1.54) is 38.2 Å². The molecule has 0 bridgehead atoms. The molecule has 0 spiro atoms. The van der Waals surface area contributed by atoms with Crippen LogP contribution in [0.15, 0.2) is 12.1 Å². The first-order chi connectivity index (χ1) is 8.74. The van der Waals surface area contributed by atoms with Crippen LogP contribution in [0.2, 0.25) is 0 Å². The molecule has 1 rings (SSSR count). The van der Waals surface area contributed by atoms with E-state index in [1.807, 2.05) is 0 Å². The minimum atomic E-state index is -1.58. The lowest BCUT2D eigenvalue weighted by molar-refractivity contribution is 0.290. The second-order valence-corrected chi connectivity index (χ2v) is 4.29. The zero-order valence-corrected chi connectivity index (χ0v) is 10.9. The molecule has 1 aromatic rings. The predicted octanol–water partition coefficient (Wildman–Crippen LogP) is 0.896. The number of aromatic nitrogens is 2. The topological polar surface area (TPSA) is 75.5 Å². The fraction of sp³-hybridized carbons (Fsp3) is 0.667. The highest BCUT2D eigenvalue weighted by molar-refractivity contribution is 6.57. The van der Waals surface area contributed by atoms with Crippen molar-refractivity contribution in [3.63, 3.8) is 0 Å². The fourth-order valence-corrected chi connectivity index (χ4v) is 1.60. The first kappa shape index (κ1) is 14.9. The van der Waals surface area contributed by atoms with E-state index in [1.54, 1.807) is 6.07 Å². The van der Waals surface area contributed by atoms with Crippen LogP contribution >= 0.6 is 0 Å². The maximum atomic E-state index is 8.84. The number of unbranched alkanes of at least 4 members (excludes halogenated alkanes) is 5. The summed E-state index contributed by atoms with van der Waals surface area (Å²) in [7, 11) is -1.58. The molecule has 0 atom stereocenters.